The van der Waals surface area contributed by atoms with Crippen molar-refractivity contribution in [3.8, 4) is 0 Å². The van der Waals surface area contributed by atoms with Crippen LogP contribution in [0.3, 0.4) is 0 Å². The first kappa shape index (κ1) is 21.3. The van der Waals surface area contributed by atoms with E-state index in [1.807, 2.05) is 12.1 Å². The maximum atomic E-state index is 13.0. The number of hydrogen-bond acceptors (Lipinski definition) is 5. The molecule has 1 N–H and O–H groups in total. The van der Waals surface area contributed by atoms with Gasteiger partial charge in [0.15, 0.2) is 0 Å². The number of amides is 1. The predicted octanol–water partition coefficient (Wildman–Crippen LogP) is 4.60. The van der Waals surface area contributed by atoms with Gasteiger partial charge in [-0.2, -0.15) is 0 Å². The van der Waals surface area contributed by atoms with Gasteiger partial charge >= 0.3 is 6.09 Å². The number of carbonyl (C=O) groups is 2. The smallest absolute Gasteiger partial charge is 0.406 e. The van der Waals surface area contributed by atoms with Crippen LogP contribution in [0, 0.1) is 27.9 Å². The number of nitro benzene ring substituents is 1. The highest BCUT2D eigenvalue weighted by Gasteiger charge is 2.33. The van der Waals surface area contributed by atoms with E-state index in [0.29, 0.717) is 24.2 Å². The fraction of sp³-hybridized carbons (Fsp3) is 0.636. The molecule has 1 aromatic carbocycles. The van der Waals surface area contributed by atoms with E-state index in [1.165, 1.54) is 7.11 Å². The van der Waals surface area contributed by atoms with Crippen molar-refractivity contribution in [2.45, 2.75) is 57.3 Å². The van der Waals surface area contributed by atoms with Crippen LogP contribution in [0.1, 0.15) is 62.8 Å². The van der Waals surface area contributed by atoms with Crippen molar-refractivity contribution in [3.05, 3.63) is 39.9 Å². The fourth-order valence-corrected chi connectivity index (χ4v) is 4.86. The molecule has 2 saturated carbocycles. The Morgan fingerprint density at radius 3 is 2.07 bits per heavy atom. The Labute approximate surface area is 171 Å². The number of Topliss-reactive ketones (excluding diaryl/α,β-unsaturated/α-hetero) is 1. The summed E-state index contributed by atoms with van der Waals surface area (Å²) in [5.41, 5.74) is 1.26. The van der Waals surface area contributed by atoms with Crippen molar-refractivity contribution >= 4 is 17.6 Å². The predicted molar refractivity (Wildman–Crippen MR) is 109 cm³/mol. The molecule has 0 bridgehead atoms. The van der Waals surface area contributed by atoms with Gasteiger partial charge in [0.2, 0.25) is 0 Å². The molecule has 7 heteroatoms. The van der Waals surface area contributed by atoms with Gasteiger partial charge in [0.25, 0.3) is 5.69 Å². The Balaban J connectivity index is 1.43. The number of ketones is 1. The number of non-ortho nitro benzene ring substituents is 1. The molecule has 3 rings (SSSR count). The monoisotopic (exact) mass is 402 g/mol. The van der Waals surface area contributed by atoms with E-state index in [2.05, 4.69) is 10.1 Å². The first-order valence-corrected chi connectivity index (χ1v) is 10.6. The molecule has 0 unspecified atom stereocenters. The Kier molecular flexibility index (Phi) is 7.23. The van der Waals surface area contributed by atoms with Crippen LogP contribution in [0.25, 0.3) is 0 Å². The second-order valence-corrected chi connectivity index (χ2v) is 8.39. The van der Waals surface area contributed by atoms with E-state index in [9.17, 15) is 19.7 Å². The molecule has 0 spiro atoms. The van der Waals surface area contributed by atoms with Crippen molar-refractivity contribution in [1.29, 1.82) is 0 Å². The van der Waals surface area contributed by atoms with Gasteiger partial charge in [0, 0.05) is 30.5 Å². The Bertz CT molecular complexity index is 717. The van der Waals surface area contributed by atoms with Crippen LogP contribution < -0.4 is 5.32 Å². The molecule has 1 amide bonds. The van der Waals surface area contributed by atoms with Crippen molar-refractivity contribution in [2.24, 2.45) is 17.8 Å². The molecule has 2 aliphatic carbocycles. The van der Waals surface area contributed by atoms with E-state index in [0.717, 1.165) is 56.9 Å². The zero-order valence-corrected chi connectivity index (χ0v) is 17.0. The summed E-state index contributed by atoms with van der Waals surface area (Å²) in [5, 5.41) is 13.6. The second kappa shape index (κ2) is 9.85. The lowest BCUT2D eigenvalue weighted by Crippen LogP contribution is -2.34. The highest BCUT2D eigenvalue weighted by atomic mass is 16.6. The Hall–Kier alpha value is -2.44. The molecule has 0 saturated heterocycles. The summed E-state index contributed by atoms with van der Waals surface area (Å²) in [4.78, 5) is 34.6. The van der Waals surface area contributed by atoms with Crippen molar-refractivity contribution in [2.75, 3.05) is 13.7 Å². The minimum Gasteiger partial charge on any atom is -0.453 e. The third-order valence-electron chi connectivity index (χ3n) is 6.67. The SMILES string of the molecule is COC(=O)NCC1CCC(C(=O)C2CCC(c3ccc([N+](=O)[O-])cc3)CC2)CC1. The average Bonchev–Trinajstić information content (AvgIpc) is 2.77. The number of nitrogens with one attached hydrogen (secondary N) is 1. The summed E-state index contributed by atoms with van der Waals surface area (Å²) in [6.45, 7) is 0.619. The van der Waals surface area contributed by atoms with E-state index in [1.54, 1.807) is 12.1 Å². The molecule has 0 aromatic heterocycles. The van der Waals surface area contributed by atoms with E-state index in [-0.39, 0.29) is 22.4 Å². The van der Waals surface area contributed by atoms with Gasteiger partial charge in [-0.3, -0.25) is 14.9 Å². The van der Waals surface area contributed by atoms with Crippen molar-refractivity contribution in [3.63, 3.8) is 0 Å². The quantitative estimate of drug-likeness (QED) is 0.554. The number of benzene rings is 1. The van der Waals surface area contributed by atoms with Gasteiger partial charge in [-0.1, -0.05) is 12.1 Å². The summed E-state index contributed by atoms with van der Waals surface area (Å²) in [6, 6.07) is 6.85. The number of nitrogens with zero attached hydrogens (tertiary/aromatic N) is 1. The molecular weight excluding hydrogens is 372 g/mol. The Morgan fingerprint density at radius 2 is 1.55 bits per heavy atom. The summed E-state index contributed by atoms with van der Waals surface area (Å²) in [6.07, 6.45) is 7.11. The molecule has 0 heterocycles. The number of nitro groups is 1. The van der Waals surface area contributed by atoms with E-state index in [4.69, 9.17) is 0 Å². The number of ether oxygens (including phenoxy) is 1. The summed E-state index contributed by atoms with van der Waals surface area (Å²) in [5.74, 6) is 1.55. The third-order valence-corrected chi connectivity index (χ3v) is 6.67. The van der Waals surface area contributed by atoms with Gasteiger partial charge in [0.05, 0.1) is 12.0 Å². The maximum absolute atomic E-state index is 13.0. The largest absolute Gasteiger partial charge is 0.453 e. The fourth-order valence-electron chi connectivity index (χ4n) is 4.86. The summed E-state index contributed by atoms with van der Waals surface area (Å²) in [7, 11) is 1.36. The molecule has 0 aliphatic heterocycles. The zero-order valence-electron chi connectivity index (χ0n) is 17.0. The highest BCUT2D eigenvalue weighted by molar-refractivity contribution is 5.83. The van der Waals surface area contributed by atoms with E-state index < -0.39 is 6.09 Å². The first-order chi connectivity index (χ1) is 14.0. The van der Waals surface area contributed by atoms with Gasteiger partial charge in [-0.15, -0.1) is 0 Å². The molecule has 1 aromatic rings. The van der Waals surface area contributed by atoms with Crippen LogP contribution in [-0.4, -0.2) is 30.5 Å². The van der Waals surface area contributed by atoms with Gasteiger partial charge in [-0.05, 0) is 68.8 Å². The van der Waals surface area contributed by atoms with Gasteiger partial charge < -0.3 is 10.1 Å². The number of alkyl carbamates (subject to hydrolysis) is 1. The zero-order chi connectivity index (χ0) is 20.8. The second-order valence-electron chi connectivity index (χ2n) is 8.39. The van der Waals surface area contributed by atoms with Crippen LogP contribution in [0.15, 0.2) is 24.3 Å². The molecule has 2 aliphatic rings. The lowest BCUT2D eigenvalue weighted by atomic mass is 9.71. The lowest BCUT2D eigenvalue weighted by molar-refractivity contribution is -0.384. The minimum atomic E-state index is -0.395. The summed E-state index contributed by atoms with van der Waals surface area (Å²) >= 11 is 0. The van der Waals surface area contributed by atoms with Crippen molar-refractivity contribution in [1.82, 2.24) is 5.32 Å². The molecule has 0 radical (unpaired) electrons. The lowest BCUT2D eigenvalue weighted by Gasteiger charge is -2.33. The van der Waals surface area contributed by atoms with Gasteiger partial charge in [-0.25, -0.2) is 4.79 Å². The van der Waals surface area contributed by atoms with Crippen LogP contribution in [0.4, 0.5) is 10.5 Å². The molecular formula is C22H30N2O5. The number of carbonyl (C=O) groups excluding carboxylic acids is 2. The molecule has 158 valence electrons. The van der Waals surface area contributed by atoms with E-state index >= 15 is 0 Å². The average molecular weight is 402 g/mol. The van der Waals surface area contributed by atoms with Crippen LogP contribution in [0.2, 0.25) is 0 Å². The Morgan fingerprint density at radius 1 is 1.00 bits per heavy atom. The van der Waals surface area contributed by atoms with Crippen LogP contribution >= 0.6 is 0 Å². The third kappa shape index (κ3) is 5.55. The topological polar surface area (TPSA) is 98.5 Å². The normalized spacial score (nSPS) is 27.1. The molecule has 2 fully saturated rings. The number of methoxy groups -OCH3 is 1. The molecule has 7 nitrogen and oxygen atoms in total. The number of hydrogen-bond donors (Lipinski definition) is 1. The van der Waals surface area contributed by atoms with Crippen LogP contribution in [-0.2, 0) is 9.53 Å². The highest BCUT2D eigenvalue weighted by Crippen LogP contribution is 2.39. The first-order valence-electron chi connectivity index (χ1n) is 10.6. The number of rotatable bonds is 6. The minimum absolute atomic E-state index is 0.120. The van der Waals surface area contributed by atoms with Crippen LogP contribution in [0.5, 0.6) is 0 Å². The maximum Gasteiger partial charge on any atom is 0.406 e. The standard InChI is InChI=1S/C22H30N2O5/c1-29-22(26)23-14-15-2-4-18(5-3-15)21(25)19-8-6-16(7-9-19)17-10-12-20(13-11-17)24(27)28/h10-13,15-16,18-19H,2-9,14H2,1H3,(H,23,26). The molecule has 0 atom stereocenters. The summed E-state index contributed by atoms with van der Waals surface area (Å²) < 4.78 is 4.60. The van der Waals surface area contributed by atoms with Crippen molar-refractivity contribution < 1.29 is 19.2 Å². The molecule has 29 heavy (non-hydrogen) atoms. The van der Waals surface area contributed by atoms with Gasteiger partial charge in [0.1, 0.15) is 5.78 Å².